The predicted octanol–water partition coefficient (Wildman–Crippen LogP) is 4.63. The Balaban J connectivity index is 1.62. The zero-order chi connectivity index (χ0) is 25.6. The van der Waals surface area contributed by atoms with Crippen LogP contribution in [0.4, 0.5) is 17.1 Å². The van der Waals surface area contributed by atoms with Crippen LogP contribution < -0.4 is 9.62 Å². The monoisotopic (exact) mass is 529 g/mol. The lowest BCUT2D eigenvalue weighted by molar-refractivity contribution is -0.0309. The van der Waals surface area contributed by atoms with Crippen LogP contribution in [0.25, 0.3) is 22.4 Å². The van der Waals surface area contributed by atoms with Crippen molar-refractivity contribution >= 4 is 49.9 Å². The SMILES string of the molecule is Cc1nc2c(Nc3ccc(-c4cncn4C)cc3N(C)S(C)(=O)=O)cc(Cl)nc2n1C1CCCCO1. The zero-order valence-corrected chi connectivity index (χ0v) is 22.1. The predicted molar refractivity (Wildman–Crippen MR) is 141 cm³/mol. The van der Waals surface area contributed by atoms with Gasteiger partial charge >= 0.3 is 0 Å². The Kier molecular flexibility index (Phi) is 6.39. The number of fused-ring (bicyclic) bond motifs is 1. The third-order valence-electron chi connectivity index (χ3n) is 6.45. The van der Waals surface area contributed by atoms with Crippen LogP contribution in [0.3, 0.4) is 0 Å². The molecule has 3 aromatic heterocycles. The molecule has 1 saturated heterocycles. The van der Waals surface area contributed by atoms with Gasteiger partial charge in [-0.15, -0.1) is 0 Å². The highest BCUT2D eigenvalue weighted by atomic mass is 35.5. The number of hydrogen-bond donors (Lipinski definition) is 1. The highest BCUT2D eigenvalue weighted by molar-refractivity contribution is 7.92. The van der Waals surface area contributed by atoms with Crippen molar-refractivity contribution in [2.24, 2.45) is 7.05 Å². The van der Waals surface area contributed by atoms with Crippen molar-refractivity contribution in [3.05, 3.63) is 47.8 Å². The van der Waals surface area contributed by atoms with E-state index in [1.807, 2.05) is 41.3 Å². The van der Waals surface area contributed by atoms with Gasteiger partial charge in [0.1, 0.15) is 22.7 Å². The van der Waals surface area contributed by atoms with Crippen LogP contribution in [0.5, 0.6) is 0 Å². The van der Waals surface area contributed by atoms with Crippen molar-refractivity contribution in [1.29, 1.82) is 0 Å². The molecule has 1 aromatic carbocycles. The van der Waals surface area contributed by atoms with Crippen LogP contribution >= 0.6 is 11.6 Å². The first-order valence-electron chi connectivity index (χ1n) is 11.6. The van der Waals surface area contributed by atoms with Gasteiger partial charge in [-0.25, -0.2) is 23.4 Å². The van der Waals surface area contributed by atoms with Crippen LogP contribution in [0.2, 0.25) is 5.15 Å². The molecule has 0 amide bonds. The van der Waals surface area contributed by atoms with E-state index in [1.54, 1.807) is 18.6 Å². The fraction of sp³-hybridized carbons (Fsp3) is 0.375. The highest BCUT2D eigenvalue weighted by Gasteiger charge is 2.24. The van der Waals surface area contributed by atoms with Gasteiger partial charge in [0.05, 0.1) is 41.5 Å². The first-order valence-corrected chi connectivity index (χ1v) is 13.8. The molecule has 0 bridgehead atoms. The van der Waals surface area contributed by atoms with E-state index in [0.717, 1.165) is 36.3 Å². The van der Waals surface area contributed by atoms with Crippen molar-refractivity contribution in [3.8, 4) is 11.3 Å². The summed E-state index contributed by atoms with van der Waals surface area (Å²) in [7, 11) is -0.125. The Labute approximate surface area is 214 Å². The van der Waals surface area contributed by atoms with Crippen LogP contribution in [0.15, 0.2) is 36.8 Å². The average molecular weight is 530 g/mol. The smallest absolute Gasteiger partial charge is 0.232 e. The van der Waals surface area contributed by atoms with E-state index in [4.69, 9.17) is 21.3 Å². The molecule has 190 valence electrons. The molecule has 1 unspecified atom stereocenters. The number of aromatic nitrogens is 5. The minimum absolute atomic E-state index is 0.146. The number of ether oxygens (including phenoxy) is 1. The summed E-state index contributed by atoms with van der Waals surface area (Å²) in [6, 6.07) is 7.27. The molecular weight excluding hydrogens is 502 g/mol. The zero-order valence-electron chi connectivity index (χ0n) is 20.6. The van der Waals surface area contributed by atoms with E-state index in [-0.39, 0.29) is 6.23 Å². The lowest BCUT2D eigenvalue weighted by Gasteiger charge is -2.25. The quantitative estimate of drug-likeness (QED) is 0.363. The van der Waals surface area contributed by atoms with Gasteiger partial charge in [0.15, 0.2) is 5.65 Å². The summed E-state index contributed by atoms with van der Waals surface area (Å²) in [6.07, 6.45) is 7.45. The number of rotatable bonds is 6. The molecule has 1 N–H and O–H groups in total. The van der Waals surface area contributed by atoms with Gasteiger partial charge in [0.2, 0.25) is 10.0 Å². The molecule has 5 rings (SSSR count). The molecule has 1 aliphatic rings. The average Bonchev–Trinajstić information content (AvgIpc) is 3.41. The van der Waals surface area contributed by atoms with E-state index in [0.29, 0.717) is 40.0 Å². The maximum atomic E-state index is 12.5. The summed E-state index contributed by atoms with van der Waals surface area (Å²) in [5.74, 6) is 0.773. The summed E-state index contributed by atoms with van der Waals surface area (Å²) in [6.45, 7) is 2.61. The van der Waals surface area contributed by atoms with Crippen molar-refractivity contribution < 1.29 is 13.2 Å². The summed E-state index contributed by atoms with van der Waals surface area (Å²) in [5, 5.41) is 3.67. The minimum atomic E-state index is -3.54. The number of anilines is 3. The molecule has 0 aliphatic carbocycles. The fourth-order valence-electron chi connectivity index (χ4n) is 4.53. The maximum absolute atomic E-state index is 12.5. The first-order chi connectivity index (χ1) is 17.1. The second kappa shape index (κ2) is 9.38. The molecular formula is C24H28ClN7O3S. The number of hydrogen-bond acceptors (Lipinski definition) is 7. The van der Waals surface area contributed by atoms with Gasteiger partial charge in [-0.05, 0) is 38.3 Å². The van der Waals surface area contributed by atoms with Gasteiger partial charge in [-0.2, -0.15) is 0 Å². The summed E-state index contributed by atoms with van der Waals surface area (Å²) < 4.78 is 36.1. The molecule has 36 heavy (non-hydrogen) atoms. The molecule has 4 aromatic rings. The lowest BCUT2D eigenvalue weighted by Crippen LogP contribution is -2.25. The van der Waals surface area contributed by atoms with Crippen LogP contribution in [0, 0.1) is 6.92 Å². The molecule has 12 heteroatoms. The van der Waals surface area contributed by atoms with Crippen molar-refractivity contribution in [1.82, 2.24) is 24.1 Å². The first kappa shape index (κ1) is 24.5. The Hall–Kier alpha value is -3.15. The third kappa shape index (κ3) is 4.54. The van der Waals surface area contributed by atoms with Gasteiger partial charge in [0.25, 0.3) is 0 Å². The van der Waals surface area contributed by atoms with E-state index in [2.05, 4.69) is 15.3 Å². The van der Waals surface area contributed by atoms with Crippen LogP contribution in [-0.2, 0) is 21.8 Å². The molecule has 4 heterocycles. The Bertz CT molecular complexity index is 1540. The van der Waals surface area contributed by atoms with Gasteiger partial charge in [-0.1, -0.05) is 17.7 Å². The lowest BCUT2D eigenvalue weighted by atomic mass is 10.1. The van der Waals surface area contributed by atoms with Crippen LogP contribution in [-0.4, -0.2) is 52.4 Å². The molecule has 1 aliphatic heterocycles. The molecule has 10 nitrogen and oxygen atoms in total. The van der Waals surface area contributed by atoms with E-state index < -0.39 is 10.0 Å². The number of benzene rings is 1. The molecule has 0 spiro atoms. The standard InChI is InChI=1S/C24H28ClN7O3S/c1-15-27-23-18(12-21(25)29-24(23)32(15)22-7-5-6-10-35-22)28-17-9-8-16(20-13-26-14-30(20)2)11-19(17)31(3)36(4,33)34/h8-9,11-14,22H,5-7,10H2,1-4H3,(H,28,29). The van der Waals surface area contributed by atoms with Crippen LogP contribution in [0.1, 0.15) is 31.3 Å². The molecule has 0 radical (unpaired) electrons. The summed E-state index contributed by atoms with van der Waals surface area (Å²) in [5.41, 5.74) is 4.63. The largest absolute Gasteiger partial charge is 0.358 e. The third-order valence-corrected chi connectivity index (χ3v) is 7.84. The summed E-state index contributed by atoms with van der Waals surface area (Å²) in [4.78, 5) is 13.5. The molecule has 0 saturated carbocycles. The van der Waals surface area contributed by atoms with E-state index in [1.165, 1.54) is 17.6 Å². The Morgan fingerprint density at radius 2 is 2.00 bits per heavy atom. The van der Waals surface area contributed by atoms with E-state index >= 15 is 0 Å². The Morgan fingerprint density at radius 1 is 1.19 bits per heavy atom. The number of sulfonamides is 1. The van der Waals surface area contributed by atoms with Gasteiger partial charge in [-0.3, -0.25) is 8.87 Å². The molecule has 1 atom stereocenters. The van der Waals surface area contributed by atoms with E-state index in [9.17, 15) is 8.42 Å². The second-order valence-electron chi connectivity index (χ2n) is 8.99. The normalized spacial score (nSPS) is 16.4. The highest BCUT2D eigenvalue weighted by Crippen LogP contribution is 2.37. The minimum Gasteiger partial charge on any atom is -0.358 e. The number of nitrogens with one attached hydrogen (secondary N) is 1. The van der Waals surface area contributed by atoms with Gasteiger partial charge in [0, 0.05) is 32.3 Å². The second-order valence-corrected chi connectivity index (χ2v) is 11.4. The van der Waals surface area contributed by atoms with Crippen molar-refractivity contribution in [3.63, 3.8) is 0 Å². The van der Waals surface area contributed by atoms with Crippen molar-refractivity contribution in [2.75, 3.05) is 29.5 Å². The Morgan fingerprint density at radius 3 is 2.67 bits per heavy atom. The number of nitrogens with zero attached hydrogens (tertiary/aromatic N) is 6. The number of imidazole rings is 2. The summed E-state index contributed by atoms with van der Waals surface area (Å²) >= 11 is 6.45. The number of halogens is 1. The fourth-order valence-corrected chi connectivity index (χ4v) is 5.22. The number of aryl methyl sites for hydroxylation is 2. The maximum Gasteiger partial charge on any atom is 0.232 e. The topological polar surface area (TPSA) is 107 Å². The van der Waals surface area contributed by atoms with Gasteiger partial charge < -0.3 is 14.6 Å². The molecule has 1 fully saturated rings. The van der Waals surface area contributed by atoms with Crippen molar-refractivity contribution in [2.45, 2.75) is 32.4 Å². The number of pyridine rings is 1.